The second-order valence-electron chi connectivity index (χ2n) is 12.8. The van der Waals surface area contributed by atoms with Crippen LogP contribution in [-0.2, 0) is 33.2 Å². The number of carbonyl (C=O) groups is 1. The number of hydrogen-bond donors (Lipinski definition) is 14. The van der Waals surface area contributed by atoms with E-state index in [4.69, 9.17) is 62.8 Å². The van der Waals surface area contributed by atoms with Gasteiger partial charge in [0.25, 0.3) is 5.91 Å². The first-order chi connectivity index (χ1) is 23.2. The third-order valence-corrected chi connectivity index (χ3v) is 9.34. The Morgan fingerprint density at radius 1 is 0.755 bits per heavy atom. The summed E-state index contributed by atoms with van der Waals surface area (Å²) >= 11 is 0. The number of rotatable bonds is 13. The summed E-state index contributed by atoms with van der Waals surface area (Å²) in [6.07, 6.45) is -23.6. The largest absolute Gasteiger partial charge is 0.394 e. The fourth-order valence-corrected chi connectivity index (χ4v) is 6.39. The molecule has 3 saturated heterocycles. The molecule has 3 heterocycles. The number of ether oxygens (including phenoxy) is 6. The van der Waals surface area contributed by atoms with Gasteiger partial charge >= 0.3 is 0 Å². The van der Waals surface area contributed by atoms with Crippen LogP contribution in [0.25, 0.3) is 0 Å². The Bertz CT molecular complexity index is 1060. The first-order valence-corrected chi connectivity index (χ1v) is 16.1. The quantitative estimate of drug-likeness (QED) is 0.0840. The van der Waals surface area contributed by atoms with Gasteiger partial charge in [-0.25, -0.2) is 4.39 Å². The van der Waals surface area contributed by atoms with Crippen LogP contribution in [0.5, 0.6) is 0 Å². The molecule has 4 aliphatic rings. The molecule has 22 heteroatoms. The standard InChI is InChI=1S/C27H52FN7O14/c28-7(3-29)16(38)24(43)35-10-1-8(32)21(47-25-9(33)2-11(37)12(4-30)44-25)23(17(10)39)49-27-20(42)22(14(6-36)46-27)48-26-15(34)19(41)18(40)13(5-31)45-26/h7-23,25-27,36-42H,1-6,29-34H2,(H,35,43). The Labute approximate surface area is 280 Å². The zero-order valence-electron chi connectivity index (χ0n) is 26.6. The molecular weight excluding hydrogens is 665 g/mol. The molecule has 1 saturated carbocycles. The maximum absolute atomic E-state index is 14.0. The highest BCUT2D eigenvalue weighted by Crippen LogP contribution is 2.34. The van der Waals surface area contributed by atoms with Gasteiger partial charge in [0.15, 0.2) is 25.0 Å². The van der Waals surface area contributed by atoms with Gasteiger partial charge in [0.1, 0.15) is 61.1 Å². The molecule has 20 unspecified atom stereocenters. The van der Waals surface area contributed by atoms with E-state index in [1.54, 1.807) is 0 Å². The van der Waals surface area contributed by atoms with E-state index in [1.807, 2.05) is 0 Å². The van der Waals surface area contributed by atoms with E-state index in [-0.39, 0.29) is 25.9 Å². The van der Waals surface area contributed by atoms with Crippen LogP contribution in [0, 0.1) is 0 Å². The maximum atomic E-state index is 14.0. The summed E-state index contributed by atoms with van der Waals surface area (Å²) in [6, 6.07) is -4.53. The van der Waals surface area contributed by atoms with Crippen LogP contribution in [-0.4, -0.2) is 190 Å². The smallest absolute Gasteiger partial charge is 0.252 e. The molecule has 3 aliphatic heterocycles. The van der Waals surface area contributed by atoms with Gasteiger partial charge in [0, 0.05) is 25.7 Å². The van der Waals surface area contributed by atoms with Crippen LogP contribution in [0.1, 0.15) is 12.8 Å². The van der Waals surface area contributed by atoms with E-state index in [0.29, 0.717) is 0 Å². The fourth-order valence-electron chi connectivity index (χ4n) is 6.39. The molecule has 4 fully saturated rings. The van der Waals surface area contributed by atoms with Gasteiger partial charge in [-0.2, -0.15) is 0 Å². The summed E-state index contributed by atoms with van der Waals surface area (Å²) in [4.78, 5) is 12.6. The molecule has 0 aromatic heterocycles. The SMILES string of the molecule is NCC(F)C(O)C(=O)NC1CC(N)C(OC2OC(CN)C(O)CC2N)C(OC2OC(CO)C(OC3OC(CN)C(O)C(O)C3N)C2O)C1O. The minimum atomic E-state index is -2.16. The van der Waals surface area contributed by atoms with Gasteiger partial charge < -0.3 is 104 Å². The minimum Gasteiger partial charge on any atom is -0.394 e. The van der Waals surface area contributed by atoms with Gasteiger partial charge in [-0.3, -0.25) is 4.79 Å². The Morgan fingerprint density at radius 2 is 1.35 bits per heavy atom. The zero-order valence-corrected chi connectivity index (χ0v) is 26.6. The summed E-state index contributed by atoms with van der Waals surface area (Å²) in [6.45, 7) is -1.67. The van der Waals surface area contributed by atoms with Crippen molar-refractivity contribution >= 4 is 5.91 Å². The van der Waals surface area contributed by atoms with Crippen molar-refractivity contribution < 1.29 is 73.4 Å². The molecular formula is C27H52FN7O14. The topological polar surface area (TPSA) is 382 Å². The van der Waals surface area contributed by atoms with Crippen molar-refractivity contribution in [2.75, 3.05) is 26.2 Å². The third kappa shape index (κ3) is 8.82. The molecule has 1 amide bonds. The Morgan fingerprint density at radius 3 is 1.96 bits per heavy atom. The number of amides is 1. The lowest BCUT2D eigenvalue weighted by atomic mass is 9.83. The summed E-state index contributed by atoms with van der Waals surface area (Å²) in [5.74, 6) is -1.19. The first kappa shape index (κ1) is 40.4. The average Bonchev–Trinajstić information content (AvgIpc) is 3.38. The van der Waals surface area contributed by atoms with E-state index < -0.39 is 142 Å². The number of alkyl halides is 1. The van der Waals surface area contributed by atoms with Gasteiger partial charge in [0.05, 0.1) is 36.9 Å². The second-order valence-corrected chi connectivity index (χ2v) is 12.8. The fraction of sp³-hybridized carbons (Fsp3) is 0.963. The van der Waals surface area contributed by atoms with Crippen LogP contribution in [0.15, 0.2) is 0 Å². The number of nitrogens with one attached hydrogen (secondary N) is 1. The molecule has 4 rings (SSSR count). The lowest BCUT2D eigenvalue weighted by Gasteiger charge is -2.47. The van der Waals surface area contributed by atoms with Gasteiger partial charge in [0.2, 0.25) is 0 Å². The molecule has 21 nitrogen and oxygen atoms in total. The molecule has 20 atom stereocenters. The van der Waals surface area contributed by atoms with Gasteiger partial charge in [-0.05, 0) is 12.8 Å². The van der Waals surface area contributed by atoms with E-state index in [2.05, 4.69) is 5.32 Å². The van der Waals surface area contributed by atoms with E-state index >= 15 is 0 Å². The van der Waals surface area contributed by atoms with Crippen molar-refractivity contribution in [1.82, 2.24) is 5.32 Å². The number of carbonyl (C=O) groups excluding carboxylic acids is 1. The number of aliphatic hydroxyl groups is 7. The van der Waals surface area contributed by atoms with Crippen molar-refractivity contribution in [3.8, 4) is 0 Å². The van der Waals surface area contributed by atoms with E-state index in [0.717, 1.165) is 0 Å². The minimum absolute atomic E-state index is 0.0362. The summed E-state index contributed by atoms with van der Waals surface area (Å²) in [7, 11) is 0. The average molecular weight is 718 g/mol. The predicted molar refractivity (Wildman–Crippen MR) is 161 cm³/mol. The van der Waals surface area contributed by atoms with Crippen molar-refractivity contribution in [2.24, 2.45) is 34.4 Å². The lowest BCUT2D eigenvalue weighted by Crippen LogP contribution is -2.67. The maximum Gasteiger partial charge on any atom is 0.252 e. The van der Waals surface area contributed by atoms with Gasteiger partial charge in [-0.15, -0.1) is 0 Å². The molecule has 0 radical (unpaired) electrons. The highest BCUT2D eigenvalue weighted by atomic mass is 19.1. The van der Waals surface area contributed by atoms with Crippen LogP contribution < -0.4 is 39.7 Å². The van der Waals surface area contributed by atoms with Crippen molar-refractivity contribution in [1.29, 1.82) is 0 Å². The molecule has 286 valence electrons. The molecule has 0 bridgehead atoms. The highest BCUT2D eigenvalue weighted by Gasteiger charge is 2.54. The van der Waals surface area contributed by atoms with E-state index in [1.165, 1.54) is 0 Å². The van der Waals surface area contributed by atoms with Crippen molar-refractivity contribution in [3.63, 3.8) is 0 Å². The molecule has 0 aromatic rings. The van der Waals surface area contributed by atoms with Crippen LogP contribution in [0.2, 0.25) is 0 Å². The summed E-state index contributed by atoms with van der Waals surface area (Å²) in [5, 5.41) is 76.0. The predicted octanol–water partition coefficient (Wildman–Crippen LogP) is -9.05. The van der Waals surface area contributed by atoms with Crippen molar-refractivity contribution in [3.05, 3.63) is 0 Å². The molecule has 1 aliphatic carbocycles. The normalized spacial score (nSPS) is 47.5. The Kier molecular flexibility index (Phi) is 14.4. The lowest BCUT2D eigenvalue weighted by molar-refractivity contribution is -0.296. The number of hydrogen-bond acceptors (Lipinski definition) is 20. The summed E-state index contributed by atoms with van der Waals surface area (Å²) < 4.78 is 49.0. The van der Waals surface area contributed by atoms with Crippen LogP contribution >= 0.6 is 0 Å². The molecule has 0 aromatic carbocycles. The zero-order chi connectivity index (χ0) is 36.3. The second kappa shape index (κ2) is 17.4. The number of nitrogens with two attached hydrogens (primary N) is 6. The molecule has 20 N–H and O–H groups in total. The van der Waals surface area contributed by atoms with Crippen LogP contribution in [0.4, 0.5) is 4.39 Å². The van der Waals surface area contributed by atoms with E-state index in [9.17, 15) is 44.9 Å². The molecule has 0 spiro atoms. The van der Waals surface area contributed by atoms with Gasteiger partial charge in [-0.1, -0.05) is 0 Å². The monoisotopic (exact) mass is 717 g/mol. The highest BCUT2D eigenvalue weighted by molar-refractivity contribution is 5.81. The number of aliphatic hydroxyl groups excluding tert-OH is 7. The Balaban J connectivity index is 1.56. The summed E-state index contributed by atoms with van der Waals surface area (Å²) in [5.41, 5.74) is 35.2. The Hall–Kier alpha value is -1.36. The van der Waals surface area contributed by atoms with Crippen molar-refractivity contribution in [2.45, 2.75) is 135 Å². The number of halogens is 1. The van der Waals surface area contributed by atoms with Crippen LogP contribution in [0.3, 0.4) is 0 Å². The third-order valence-electron chi connectivity index (χ3n) is 9.34. The first-order valence-electron chi connectivity index (χ1n) is 16.1. The molecule has 49 heavy (non-hydrogen) atoms.